The fraction of sp³-hybridized carbons (Fsp3) is 0.632. The molecule has 0 radical (unpaired) electrons. The SMILES string of the molecule is CC(C)N1CCN(C(=O)CN2CCN(c3ccc(Cl)c(Cl)c3)CC2)CC1. The molecule has 1 aromatic carbocycles. The first-order valence-corrected chi connectivity index (χ1v) is 10.1. The Kier molecular flexibility index (Phi) is 6.67. The molecule has 7 heteroatoms. The van der Waals surface area contributed by atoms with Gasteiger partial charge < -0.3 is 9.80 Å². The number of carbonyl (C=O) groups is 1. The summed E-state index contributed by atoms with van der Waals surface area (Å²) in [5.41, 5.74) is 1.09. The Morgan fingerprint density at radius 2 is 1.62 bits per heavy atom. The van der Waals surface area contributed by atoms with Gasteiger partial charge in [-0.05, 0) is 32.0 Å². The van der Waals surface area contributed by atoms with Gasteiger partial charge in [-0.3, -0.25) is 14.6 Å². The van der Waals surface area contributed by atoms with E-state index in [-0.39, 0.29) is 5.91 Å². The Hall–Kier alpha value is -1.01. The predicted molar refractivity (Wildman–Crippen MR) is 108 cm³/mol. The molecule has 2 heterocycles. The second kappa shape index (κ2) is 8.79. The summed E-state index contributed by atoms with van der Waals surface area (Å²) in [5.74, 6) is 0.261. The average Bonchev–Trinajstić information content (AvgIpc) is 2.64. The molecular weight excluding hydrogens is 371 g/mol. The zero-order chi connectivity index (χ0) is 18.7. The Bertz CT molecular complexity index is 624. The van der Waals surface area contributed by atoms with Crippen LogP contribution in [0.15, 0.2) is 18.2 Å². The van der Waals surface area contributed by atoms with E-state index in [1.54, 1.807) is 0 Å². The summed E-state index contributed by atoms with van der Waals surface area (Å²) < 4.78 is 0. The van der Waals surface area contributed by atoms with Crippen LogP contribution in [0.5, 0.6) is 0 Å². The lowest BCUT2D eigenvalue weighted by Crippen LogP contribution is -2.54. The quantitative estimate of drug-likeness (QED) is 0.779. The zero-order valence-corrected chi connectivity index (χ0v) is 17.1. The maximum atomic E-state index is 12.6. The molecule has 1 aromatic rings. The highest BCUT2D eigenvalue weighted by molar-refractivity contribution is 6.42. The molecule has 2 fully saturated rings. The number of amides is 1. The molecule has 26 heavy (non-hydrogen) atoms. The lowest BCUT2D eigenvalue weighted by atomic mass is 10.2. The topological polar surface area (TPSA) is 30.0 Å². The van der Waals surface area contributed by atoms with Gasteiger partial charge in [0.2, 0.25) is 5.91 Å². The van der Waals surface area contributed by atoms with Crippen molar-refractivity contribution in [3.8, 4) is 0 Å². The molecule has 2 saturated heterocycles. The van der Waals surface area contributed by atoms with E-state index in [4.69, 9.17) is 23.2 Å². The van der Waals surface area contributed by atoms with Crippen LogP contribution in [0.1, 0.15) is 13.8 Å². The molecule has 0 atom stereocenters. The summed E-state index contributed by atoms with van der Waals surface area (Å²) in [5, 5.41) is 1.17. The number of benzene rings is 1. The fourth-order valence-corrected chi connectivity index (χ4v) is 3.92. The minimum Gasteiger partial charge on any atom is -0.369 e. The van der Waals surface area contributed by atoms with Gasteiger partial charge in [0.25, 0.3) is 0 Å². The minimum absolute atomic E-state index is 0.261. The van der Waals surface area contributed by atoms with E-state index in [0.29, 0.717) is 22.6 Å². The number of nitrogens with zero attached hydrogens (tertiary/aromatic N) is 4. The molecule has 0 aliphatic carbocycles. The summed E-state index contributed by atoms with van der Waals surface area (Å²) >= 11 is 12.1. The van der Waals surface area contributed by atoms with E-state index in [2.05, 4.69) is 28.5 Å². The van der Waals surface area contributed by atoms with Crippen LogP contribution in [0.2, 0.25) is 10.0 Å². The van der Waals surface area contributed by atoms with Crippen molar-refractivity contribution in [3.05, 3.63) is 28.2 Å². The molecule has 0 aromatic heterocycles. The Labute approximate surface area is 166 Å². The van der Waals surface area contributed by atoms with Crippen molar-refractivity contribution in [3.63, 3.8) is 0 Å². The van der Waals surface area contributed by atoms with E-state index < -0.39 is 0 Å². The van der Waals surface area contributed by atoms with E-state index in [1.165, 1.54) is 0 Å². The highest BCUT2D eigenvalue weighted by Gasteiger charge is 2.25. The van der Waals surface area contributed by atoms with E-state index in [1.807, 2.05) is 23.1 Å². The molecule has 144 valence electrons. The number of carbonyl (C=O) groups excluding carboxylic acids is 1. The Morgan fingerprint density at radius 1 is 0.962 bits per heavy atom. The number of rotatable bonds is 4. The Morgan fingerprint density at radius 3 is 2.19 bits per heavy atom. The maximum absolute atomic E-state index is 12.6. The molecule has 0 bridgehead atoms. The van der Waals surface area contributed by atoms with Gasteiger partial charge in [0, 0.05) is 64.1 Å². The van der Waals surface area contributed by atoms with Crippen LogP contribution < -0.4 is 4.90 Å². The summed E-state index contributed by atoms with van der Waals surface area (Å²) in [6.45, 7) is 12.2. The molecule has 3 rings (SSSR count). The third-order valence-electron chi connectivity index (χ3n) is 5.40. The zero-order valence-electron chi connectivity index (χ0n) is 15.6. The van der Waals surface area contributed by atoms with Crippen LogP contribution in [0.25, 0.3) is 0 Å². The number of piperazine rings is 2. The van der Waals surface area contributed by atoms with Crippen molar-refractivity contribution in [1.29, 1.82) is 0 Å². The molecule has 0 spiro atoms. The second-order valence-corrected chi connectivity index (χ2v) is 8.19. The summed E-state index contributed by atoms with van der Waals surface area (Å²) in [7, 11) is 0. The average molecular weight is 399 g/mol. The molecule has 5 nitrogen and oxygen atoms in total. The number of halogens is 2. The van der Waals surface area contributed by atoms with Crippen LogP contribution in [-0.4, -0.2) is 85.6 Å². The van der Waals surface area contributed by atoms with Gasteiger partial charge in [0.15, 0.2) is 0 Å². The summed E-state index contributed by atoms with van der Waals surface area (Å²) in [6, 6.07) is 6.32. The van der Waals surface area contributed by atoms with Gasteiger partial charge in [-0.25, -0.2) is 0 Å². The van der Waals surface area contributed by atoms with Gasteiger partial charge in [-0.2, -0.15) is 0 Å². The van der Waals surface area contributed by atoms with Crippen molar-refractivity contribution < 1.29 is 4.79 Å². The van der Waals surface area contributed by atoms with Gasteiger partial charge in [-0.1, -0.05) is 23.2 Å². The third kappa shape index (κ3) is 4.83. The summed E-state index contributed by atoms with van der Waals surface area (Å²) in [4.78, 5) is 21.6. The molecular formula is C19H28Cl2N4O. The van der Waals surface area contributed by atoms with Crippen molar-refractivity contribution in [2.45, 2.75) is 19.9 Å². The monoisotopic (exact) mass is 398 g/mol. The molecule has 2 aliphatic rings. The number of hydrogen-bond donors (Lipinski definition) is 0. The van der Waals surface area contributed by atoms with Crippen LogP contribution in [0, 0.1) is 0 Å². The van der Waals surface area contributed by atoms with Crippen molar-refractivity contribution in [2.75, 3.05) is 63.8 Å². The van der Waals surface area contributed by atoms with E-state index in [9.17, 15) is 4.79 Å². The smallest absolute Gasteiger partial charge is 0.236 e. The normalized spacial score (nSPS) is 20.0. The number of hydrogen-bond acceptors (Lipinski definition) is 4. The lowest BCUT2D eigenvalue weighted by molar-refractivity contribution is -0.134. The first-order valence-electron chi connectivity index (χ1n) is 9.38. The first-order chi connectivity index (χ1) is 12.4. The van der Waals surface area contributed by atoms with Gasteiger partial charge in [0.05, 0.1) is 16.6 Å². The number of anilines is 1. The maximum Gasteiger partial charge on any atom is 0.236 e. The second-order valence-electron chi connectivity index (χ2n) is 7.37. The van der Waals surface area contributed by atoms with Crippen molar-refractivity contribution >= 4 is 34.8 Å². The molecule has 0 saturated carbocycles. The minimum atomic E-state index is 0.261. The van der Waals surface area contributed by atoms with Crippen molar-refractivity contribution in [1.82, 2.24) is 14.7 Å². The Balaban J connectivity index is 1.45. The lowest BCUT2D eigenvalue weighted by Gasteiger charge is -2.39. The predicted octanol–water partition coefficient (Wildman–Crippen LogP) is 2.67. The standard InChI is InChI=1S/C19H28Cl2N4O/c1-15(2)23-9-11-25(12-10-23)19(26)14-22-5-7-24(8-6-22)16-3-4-17(20)18(21)13-16/h3-4,13,15H,5-12,14H2,1-2H3. The van der Waals surface area contributed by atoms with Crippen LogP contribution in [0.3, 0.4) is 0 Å². The van der Waals surface area contributed by atoms with Crippen molar-refractivity contribution in [2.24, 2.45) is 0 Å². The van der Waals surface area contributed by atoms with Gasteiger partial charge in [-0.15, -0.1) is 0 Å². The van der Waals surface area contributed by atoms with E-state index in [0.717, 1.165) is 58.0 Å². The fourth-order valence-electron chi connectivity index (χ4n) is 3.62. The highest BCUT2D eigenvalue weighted by atomic mass is 35.5. The molecule has 2 aliphatic heterocycles. The highest BCUT2D eigenvalue weighted by Crippen LogP contribution is 2.27. The van der Waals surface area contributed by atoms with E-state index >= 15 is 0 Å². The largest absolute Gasteiger partial charge is 0.369 e. The van der Waals surface area contributed by atoms with Crippen LogP contribution >= 0.6 is 23.2 Å². The van der Waals surface area contributed by atoms with Gasteiger partial charge in [0.1, 0.15) is 0 Å². The summed E-state index contributed by atoms with van der Waals surface area (Å²) in [6.07, 6.45) is 0. The van der Waals surface area contributed by atoms with Crippen LogP contribution in [-0.2, 0) is 4.79 Å². The third-order valence-corrected chi connectivity index (χ3v) is 6.14. The van der Waals surface area contributed by atoms with Crippen LogP contribution in [0.4, 0.5) is 5.69 Å². The molecule has 1 amide bonds. The van der Waals surface area contributed by atoms with Gasteiger partial charge >= 0.3 is 0 Å². The molecule has 0 N–H and O–H groups in total. The first kappa shape index (κ1) is 19.7. The molecule has 0 unspecified atom stereocenters.